The van der Waals surface area contributed by atoms with Crippen LogP contribution in [0, 0.1) is 15.5 Å². The minimum absolute atomic E-state index is 0.0563. The summed E-state index contributed by atoms with van der Waals surface area (Å²) in [7, 11) is 0. The van der Waals surface area contributed by atoms with Gasteiger partial charge in [-0.15, -0.1) is 0 Å². The molecule has 2 aromatic rings. The van der Waals surface area contributed by atoms with Gasteiger partial charge >= 0.3 is 0 Å². The molecule has 0 spiro atoms. The maximum atomic E-state index is 13.1. The number of anilines is 1. The number of carbonyl (C=O) groups is 1. The number of benzene rings is 1. The second kappa shape index (κ2) is 6.84. The molecular formula is C20H20N4O4S. The molecule has 1 aliphatic heterocycles. The normalized spacial score (nSPS) is 20.0. The lowest BCUT2D eigenvalue weighted by atomic mass is 9.69. The fourth-order valence-corrected chi connectivity index (χ4v) is 4.52. The first kappa shape index (κ1) is 19.4. The third-order valence-corrected chi connectivity index (χ3v) is 5.89. The summed E-state index contributed by atoms with van der Waals surface area (Å²) >= 11 is 1.31. The van der Waals surface area contributed by atoms with Crippen molar-refractivity contribution in [2.75, 3.05) is 11.6 Å². The van der Waals surface area contributed by atoms with E-state index in [0.29, 0.717) is 40.5 Å². The first-order valence-corrected chi connectivity index (χ1v) is 10.4. The van der Waals surface area contributed by atoms with Crippen molar-refractivity contribution in [3.8, 4) is 0 Å². The molecule has 0 fully saturated rings. The number of non-ortho nitro benzene ring substituents is 1. The van der Waals surface area contributed by atoms with Crippen LogP contribution in [0.3, 0.4) is 0 Å². The molecule has 9 heteroatoms. The molecule has 0 saturated carbocycles. The van der Waals surface area contributed by atoms with Gasteiger partial charge in [0.2, 0.25) is 0 Å². The van der Waals surface area contributed by atoms with Crippen molar-refractivity contribution >= 4 is 29.1 Å². The second-order valence-corrected chi connectivity index (χ2v) is 8.88. The lowest BCUT2D eigenvalue weighted by Gasteiger charge is -2.38. The number of rotatable bonds is 3. The molecular weight excluding hydrogens is 392 g/mol. The van der Waals surface area contributed by atoms with Crippen molar-refractivity contribution in [2.24, 2.45) is 5.41 Å². The third kappa shape index (κ3) is 3.35. The molecule has 150 valence electrons. The number of nitro benzene ring substituents is 1. The van der Waals surface area contributed by atoms with Crippen LogP contribution in [0.25, 0.3) is 0 Å². The SMILES string of the molecule is CSc1nc2c(c(=O)[nH]1)[C@@H](c1cccc([N+](=O)[O-])c1)C1=C(CC(C)(C)CC1=O)N2. The van der Waals surface area contributed by atoms with Gasteiger partial charge in [0.05, 0.1) is 10.5 Å². The fraction of sp³-hybridized carbons (Fsp3) is 0.350. The van der Waals surface area contributed by atoms with Gasteiger partial charge in [-0.25, -0.2) is 4.98 Å². The maximum Gasteiger partial charge on any atom is 0.269 e. The summed E-state index contributed by atoms with van der Waals surface area (Å²) in [5.41, 5.74) is 1.42. The quantitative estimate of drug-likeness (QED) is 0.342. The fourth-order valence-electron chi connectivity index (χ4n) is 4.14. The number of aromatic nitrogens is 2. The summed E-state index contributed by atoms with van der Waals surface area (Å²) in [6.45, 7) is 4.04. The lowest BCUT2D eigenvalue weighted by molar-refractivity contribution is -0.384. The molecule has 2 heterocycles. The van der Waals surface area contributed by atoms with Crippen molar-refractivity contribution in [2.45, 2.75) is 37.8 Å². The number of aromatic amines is 1. The van der Waals surface area contributed by atoms with Gasteiger partial charge in [-0.3, -0.25) is 19.7 Å². The Morgan fingerprint density at radius 3 is 2.72 bits per heavy atom. The zero-order valence-electron chi connectivity index (χ0n) is 16.2. The van der Waals surface area contributed by atoms with Crippen molar-refractivity contribution in [3.05, 3.63) is 67.1 Å². The van der Waals surface area contributed by atoms with Crippen molar-refractivity contribution in [3.63, 3.8) is 0 Å². The number of hydrogen-bond donors (Lipinski definition) is 2. The van der Waals surface area contributed by atoms with Crippen LogP contribution in [0.5, 0.6) is 0 Å². The highest BCUT2D eigenvalue weighted by Crippen LogP contribution is 2.47. The number of fused-ring (bicyclic) bond motifs is 1. The highest BCUT2D eigenvalue weighted by Gasteiger charge is 2.42. The summed E-state index contributed by atoms with van der Waals surface area (Å²) in [6.07, 6.45) is 2.79. The van der Waals surface area contributed by atoms with Crippen molar-refractivity contribution in [1.29, 1.82) is 0 Å². The third-order valence-electron chi connectivity index (χ3n) is 5.31. The van der Waals surface area contributed by atoms with E-state index in [1.54, 1.807) is 12.1 Å². The zero-order chi connectivity index (χ0) is 20.9. The van der Waals surface area contributed by atoms with Crippen LogP contribution in [0.15, 0.2) is 45.5 Å². The van der Waals surface area contributed by atoms with E-state index in [4.69, 9.17) is 0 Å². The average molecular weight is 412 g/mol. The van der Waals surface area contributed by atoms with Crippen LogP contribution in [0.4, 0.5) is 11.5 Å². The minimum atomic E-state index is -0.697. The van der Waals surface area contributed by atoms with Gasteiger partial charge in [-0.05, 0) is 23.7 Å². The Morgan fingerprint density at radius 1 is 1.28 bits per heavy atom. The summed E-state index contributed by atoms with van der Waals surface area (Å²) in [5, 5.41) is 15.0. The number of hydrogen-bond acceptors (Lipinski definition) is 7. The molecule has 0 radical (unpaired) electrons. The standard InChI is InChI=1S/C20H20N4O4S/c1-20(2)8-12-15(13(25)9-20)14(10-5-4-6-11(7-10)24(27)28)16-17(21-12)22-19(29-3)23-18(16)26/h4-7,14H,8-9H2,1-3H3,(H2,21,22,23,26)/t14-/m0/s1. The smallest absolute Gasteiger partial charge is 0.269 e. The van der Waals surface area contributed by atoms with Gasteiger partial charge in [0.1, 0.15) is 5.82 Å². The molecule has 8 nitrogen and oxygen atoms in total. The van der Waals surface area contributed by atoms with E-state index < -0.39 is 10.8 Å². The van der Waals surface area contributed by atoms with E-state index in [9.17, 15) is 19.7 Å². The Balaban J connectivity index is 1.99. The molecule has 1 atom stereocenters. The second-order valence-electron chi connectivity index (χ2n) is 8.08. The maximum absolute atomic E-state index is 13.1. The zero-order valence-corrected chi connectivity index (χ0v) is 17.1. The Kier molecular flexibility index (Phi) is 4.57. The first-order valence-electron chi connectivity index (χ1n) is 9.16. The van der Waals surface area contributed by atoms with Crippen LogP contribution < -0.4 is 10.9 Å². The summed E-state index contributed by atoms with van der Waals surface area (Å²) < 4.78 is 0. The molecule has 1 aliphatic carbocycles. The van der Waals surface area contributed by atoms with E-state index in [1.165, 1.54) is 23.9 Å². The molecule has 0 amide bonds. The van der Waals surface area contributed by atoms with E-state index in [2.05, 4.69) is 15.3 Å². The van der Waals surface area contributed by atoms with Gasteiger partial charge < -0.3 is 10.3 Å². The Bertz CT molecular complexity index is 1140. The van der Waals surface area contributed by atoms with Gasteiger partial charge in [-0.1, -0.05) is 37.7 Å². The van der Waals surface area contributed by atoms with E-state index >= 15 is 0 Å². The van der Waals surface area contributed by atoms with Gasteiger partial charge in [0.25, 0.3) is 11.2 Å². The number of allylic oxidation sites excluding steroid dienone is 2. The number of nitrogens with one attached hydrogen (secondary N) is 2. The summed E-state index contributed by atoms with van der Waals surface area (Å²) in [4.78, 5) is 44.1. The van der Waals surface area contributed by atoms with Crippen LogP contribution in [0.1, 0.15) is 43.7 Å². The highest BCUT2D eigenvalue weighted by molar-refractivity contribution is 7.98. The molecule has 0 saturated heterocycles. The van der Waals surface area contributed by atoms with Crippen LogP contribution in [-0.2, 0) is 4.79 Å². The Hall–Kier alpha value is -2.94. The average Bonchev–Trinajstić information content (AvgIpc) is 2.65. The molecule has 4 rings (SSSR count). The van der Waals surface area contributed by atoms with E-state index in [-0.39, 0.29) is 22.4 Å². The van der Waals surface area contributed by atoms with Crippen LogP contribution >= 0.6 is 11.8 Å². The predicted molar refractivity (Wildman–Crippen MR) is 110 cm³/mol. The Morgan fingerprint density at radius 2 is 2.03 bits per heavy atom. The van der Waals surface area contributed by atoms with Gasteiger partial charge in [0, 0.05) is 35.7 Å². The number of carbonyl (C=O) groups excluding carboxylic acids is 1. The molecule has 2 aliphatic rings. The van der Waals surface area contributed by atoms with E-state index in [0.717, 1.165) is 5.70 Å². The topological polar surface area (TPSA) is 118 Å². The highest BCUT2D eigenvalue weighted by atomic mass is 32.2. The predicted octanol–water partition coefficient (Wildman–Crippen LogP) is 3.60. The lowest BCUT2D eigenvalue weighted by Crippen LogP contribution is -2.37. The number of thioether (sulfide) groups is 1. The van der Waals surface area contributed by atoms with Crippen molar-refractivity contribution < 1.29 is 9.72 Å². The van der Waals surface area contributed by atoms with Crippen LogP contribution in [0.2, 0.25) is 0 Å². The number of nitrogens with zero attached hydrogens (tertiary/aromatic N) is 2. The number of H-pyrrole nitrogens is 1. The molecule has 29 heavy (non-hydrogen) atoms. The summed E-state index contributed by atoms with van der Waals surface area (Å²) in [6, 6.07) is 6.11. The van der Waals surface area contributed by atoms with Crippen molar-refractivity contribution in [1.82, 2.24) is 9.97 Å². The molecule has 1 aromatic heterocycles. The Labute approximate surface area is 171 Å². The van der Waals surface area contributed by atoms with Gasteiger partial charge in [0.15, 0.2) is 10.9 Å². The molecule has 0 bridgehead atoms. The molecule has 0 unspecified atom stereocenters. The largest absolute Gasteiger partial charge is 0.343 e. The minimum Gasteiger partial charge on any atom is -0.343 e. The first-order chi connectivity index (χ1) is 13.7. The molecule has 2 N–H and O–H groups in total. The molecule has 1 aromatic carbocycles. The number of nitro groups is 1. The monoisotopic (exact) mass is 412 g/mol. The number of Topliss-reactive ketones (excluding diaryl/α,β-unsaturated/α-hetero) is 1. The van der Waals surface area contributed by atoms with Gasteiger partial charge in [-0.2, -0.15) is 0 Å². The summed E-state index contributed by atoms with van der Waals surface area (Å²) in [5.74, 6) is -0.352. The van der Waals surface area contributed by atoms with E-state index in [1.807, 2.05) is 20.1 Å². The van der Waals surface area contributed by atoms with Crippen LogP contribution in [-0.4, -0.2) is 26.9 Å². The number of ketones is 1.